The standard InChI is InChI=1S/C24H42O19/c1-5-9(27)12(30)15(33)22(37-5)42-19-17(35)21(36)39-8(4-26)18(19)41-24-20(14(32)11(29)7(3-25)40-24)43-23-16(34)13(31)10(28)6(2)38-23/h5-36H,3-4H2,1-2H3/t5?,6?,7-,8?,9+,10-,11-,12-,13?,14?,15?,16?,17?,18+,19+,20?,21+,22-,23+,24-/m0/s1. The number of hydrogen-bond acceptors (Lipinski definition) is 19. The fourth-order valence-electron chi connectivity index (χ4n) is 5.40. The summed E-state index contributed by atoms with van der Waals surface area (Å²) in [6, 6.07) is 0. The van der Waals surface area contributed by atoms with Gasteiger partial charge in [-0.1, -0.05) is 0 Å². The van der Waals surface area contributed by atoms with Gasteiger partial charge < -0.3 is 94.4 Å². The number of ether oxygens (including phenoxy) is 7. The van der Waals surface area contributed by atoms with Crippen LogP contribution in [0.4, 0.5) is 0 Å². The van der Waals surface area contributed by atoms with Crippen LogP contribution in [-0.4, -0.2) is 197 Å². The van der Waals surface area contributed by atoms with E-state index < -0.39 is 136 Å². The Bertz CT molecular complexity index is 886. The van der Waals surface area contributed by atoms with Gasteiger partial charge in [-0.2, -0.15) is 0 Å². The van der Waals surface area contributed by atoms with E-state index in [9.17, 15) is 61.3 Å². The lowest BCUT2D eigenvalue weighted by atomic mass is 9.95. The van der Waals surface area contributed by atoms with E-state index in [2.05, 4.69) is 0 Å². The molecule has 4 fully saturated rings. The number of rotatable bonds is 8. The first-order chi connectivity index (χ1) is 20.2. The van der Waals surface area contributed by atoms with Crippen LogP contribution < -0.4 is 0 Å². The normalized spacial score (nSPS) is 54.8. The molecule has 0 saturated carbocycles. The summed E-state index contributed by atoms with van der Waals surface area (Å²) in [6.45, 7) is 1.04. The Balaban J connectivity index is 1.62. The average Bonchev–Trinajstić information content (AvgIpc) is 2.98. The molecule has 0 bridgehead atoms. The minimum absolute atomic E-state index is 0.832. The van der Waals surface area contributed by atoms with Crippen LogP contribution in [0.2, 0.25) is 0 Å². The van der Waals surface area contributed by atoms with Crippen LogP contribution >= 0.6 is 0 Å². The lowest BCUT2D eigenvalue weighted by Crippen LogP contribution is -2.67. The van der Waals surface area contributed by atoms with Crippen LogP contribution in [0.25, 0.3) is 0 Å². The van der Waals surface area contributed by atoms with Gasteiger partial charge in [0.15, 0.2) is 25.2 Å². The van der Waals surface area contributed by atoms with Gasteiger partial charge in [0.05, 0.1) is 25.4 Å². The molecule has 19 nitrogen and oxygen atoms in total. The van der Waals surface area contributed by atoms with Crippen molar-refractivity contribution in [3.05, 3.63) is 0 Å². The van der Waals surface area contributed by atoms with Crippen molar-refractivity contribution in [3.8, 4) is 0 Å². The molecule has 252 valence electrons. The first-order valence-electron chi connectivity index (χ1n) is 13.8. The predicted octanol–water partition coefficient (Wildman–Crippen LogP) is -7.69. The Labute approximate surface area is 244 Å². The molecule has 0 amide bonds. The van der Waals surface area contributed by atoms with Crippen molar-refractivity contribution in [2.24, 2.45) is 0 Å². The lowest BCUT2D eigenvalue weighted by Gasteiger charge is -2.49. The van der Waals surface area contributed by atoms with Crippen molar-refractivity contribution in [1.29, 1.82) is 0 Å². The molecule has 0 spiro atoms. The van der Waals surface area contributed by atoms with Gasteiger partial charge in [-0.3, -0.25) is 0 Å². The van der Waals surface area contributed by atoms with Gasteiger partial charge in [0.25, 0.3) is 0 Å². The van der Waals surface area contributed by atoms with Crippen LogP contribution in [-0.2, 0) is 33.2 Å². The predicted molar refractivity (Wildman–Crippen MR) is 131 cm³/mol. The Morgan fingerprint density at radius 2 is 0.884 bits per heavy atom. The van der Waals surface area contributed by atoms with Gasteiger partial charge in [0, 0.05) is 0 Å². The van der Waals surface area contributed by atoms with Crippen molar-refractivity contribution >= 4 is 0 Å². The zero-order valence-electron chi connectivity index (χ0n) is 23.2. The van der Waals surface area contributed by atoms with Crippen LogP contribution in [0.5, 0.6) is 0 Å². The number of hydrogen-bond donors (Lipinski definition) is 12. The maximum absolute atomic E-state index is 10.9. The highest BCUT2D eigenvalue weighted by atomic mass is 16.8. The SMILES string of the molecule is CC1O[C@H](OC2C(O)[C@@H](O)[C@H](CO)O[C@H]2O[C@@H]2C(CO)O[C@@H](O)C(O)[C@H]2O[C@@H]2OC(C)[C@@H](O)[C@H](O)C2O)C(O)C(O)[C@H]1O. The summed E-state index contributed by atoms with van der Waals surface area (Å²) in [5.74, 6) is 0. The van der Waals surface area contributed by atoms with E-state index in [1.54, 1.807) is 0 Å². The summed E-state index contributed by atoms with van der Waals surface area (Å²) in [5.41, 5.74) is 0. The minimum Gasteiger partial charge on any atom is -0.394 e. The third-order valence-corrected chi connectivity index (χ3v) is 8.13. The van der Waals surface area contributed by atoms with Crippen molar-refractivity contribution in [3.63, 3.8) is 0 Å². The molecule has 4 aliphatic heterocycles. The molecule has 9 unspecified atom stereocenters. The van der Waals surface area contributed by atoms with Crippen molar-refractivity contribution < 1.29 is 94.4 Å². The summed E-state index contributed by atoms with van der Waals surface area (Å²) < 4.78 is 38.9. The fourth-order valence-corrected chi connectivity index (χ4v) is 5.40. The van der Waals surface area contributed by atoms with E-state index in [-0.39, 0.29) is 0 Å². The molecule has 12 N–H and O–H groups in total. The Morgan fingerprint density at radius 3 is 1.37 bits per heavy atom. The van der Waals surface area contributed by atoms with Gasteiger partial charge in [0.2, 0.25) is 0 Å². The summed E-state index contributed by atoms with van der Waals surface area (Å²) in [6.07, 6.45) is -33.2. The van der Waals surface area contributed by atoms with E-state index in [1.807, 2.05) is 0 Å². The Hall–Kier alpha value is -0.760. The quantitative estimate of drug-likeness (QED) is 0.118. The Kier molecular flexibility index (Phi) is 11.7. The van der Waals surface area contributed by atoms with Crippen LogP contribution in [0.1, 0.15) is 13.8 Å². The fraction of sp³-hybridized carbons (Fsp3) is 1.00. The smallest absolute Gasteiger partial charge is 0.187 e. The molecular weight excluding hydrogens is 592 g/mol. The highest BCUT2D eigenvalue weighted by Gasteiger charge is 2.55. The molecule has 4 aliphatic rings. The van der Waals surface area contributed by atoms with Crippen molar-refractivity contribution in [2.45, 2.75) is 137 Å². The van der Waals surface area contributed by atoms with E-state index in [0.29, 0.717) is 0 Å². The zero-order chi connectivity index (χ0) is 31.9. The van der Waals surface area contributed by atoms with Crippen molar-refractivity contribution in [2.75, 3.05) is 13.2 Å². The van der Waals surface area contributed by atoms with Gasteiger partial charge >= 0.3 is 0 Å². The molecule has 0 radical (unpaired) electrons. The third-order valence-electron chi connectivity index (χ3n) is 8.13. The first-order valence-corrected chi connectivity index (χ1v) is 13.8. The molecule has 20 atom stereocenters. The molecule has 4 heterocycles. The first kappa shape index (κ1) is 35.1. The zero-order valence-corrected chi connectivity index (χ0v) is 23.2. The number of aliphatic hydroxyl groups is 12. The van der Waals surface area contributed by atoms with E-state index in [0.717, 1.165) is 0 Å². The van der Waals surface area contributed by atoms with Crippen LogP contribution in [0.15, 0.2) is 0 Å². The molecule has 19 heteroatoms. The second kappa shape index (κ2) is 14.3. The molecule has 4 rings (SSSR count). The lowest BCUT2D eigenvalue weighted by molar-refractivity contribution is -0.398. The van der Waals surface area contributed by atoms with Crippen LogP contribution in [0, 0.1) is 0 Å². The summed E-state index contributed by atoms with van der Waals surface area (Å²) in [4.78, 5) is 0. The van der Waals surface area contributed by atoms with E-state index in [4.69, 9.17) is 33.2 Å². The minimum atomic E-state index is -1.97. The molecule has 0 aromatic rings. The van der Waals surface area contributed by atoms with Crippen molar-refractivity contribution in [1.82, 2.24) is 0 Å². The largest absolute Gasteiger partial charge is 0.394 e. The second-order valence-electron chi connectivity index (χ2n) is 11.1. The van der Waals surface area contributed by atoms with Crippen LogP contribution in [0.3, 0.4) is 0 Å². The summed E-state index contributed by atoms with van der Waals surface area (Å²) >= 11 is 0. The highest BCUT2D eigenvalue weighted by Crippen LogP contribution is 2.35. The number of aliphatic hydroxyl groups excluding tert-OH is 12. The molecule has 0 aliphatic carbocycles. The molecule has 4 saturated heterocycles. The molecule has 43 heavy (non-hydrogen) atoms. The van der Waals surface area contributed by atoms with Gasteiger partial charge in [0.1, 0.15) is 85.5 Å². The maximum Gasteiger partial charge on any atom is 0.187 e. The summed E-state index contributed by atoms with van der Waals surface area (Å²) in [7, 11) is 0. The maximum atomic E-state index is 10.9. The van der Waals surface area contributed by atoms with Gasteiger partial charge in [-0.25, -0.2) is 0 Å². The van der Waals surface area contributed by atoms with Gasteiger partial charge in [-0.15, -0.1) is 0 Å². The second-order valence-corrected chi connectivity index (χ2v) is 11.1. The average molecular weight is 635 g/mol. The molecule has 0 aromatic heterocycles. The highest BCUT2D eigenvalue weighted by molar-refractivity contribution is 4.97. The Morgan fingerprint density at radius 1 is 0.419 bits per heavy atom. The monoisotopic (exact) mass is 634 g/mol. The van der Waals surface area contributed by atoms with E-state index >= 15 is 0 Å². The summed E-state index contributed by atoms with van der Waals surface area (Å²) in [5, 5.41) is 123. The molecule has 0 aromatic carbocycles. The topological polar surface area (TPSA) is 307 Å². The molecular formula is C24H42O19. The van der Waals surface area contributed by atoms with Gasteiger partial charge in [-0.05, 0) is 13.8 Å². The van der Waals surface area contributed by atoms with E-state index in [1.165, 1.54) is 13.8 Å². The third kappa shape index (κ3) is 7.00.